The molecule has 1 fully saturated rings. The zero-order valence-electron chi connectivity index (χ0n) is 11.1. The Balaban J connectivity index is 2.00. The van der Waals surface area contributed by atoms with Crippen LogP contribution in [-0.4, -0.2) is 16.8 Å². The molecule has 3 nitrogen and oxygen atoms in total. The molecule has 0 bridgehead atoms. The highest BCUT2D eigenvalue weighted by molar-refractivity contribution is 5.76. The first kappa shape index (κ1) is 12.9. The van der Waals surface area contributed by atoms with Gasteiger partial charge in [0.15, 0.2) is 0 Å². The summed E-state index contributed by atoms with van der Waals surface area (Å²) in [6, 6.07) is 8.30. The number of hydrogen-bond acceptors (Lipinski definition) is 2. The molecule has 0 spiro atoms. The van der Waals surface area contributed by atoms with Crippen LogP contribution in [0.5, 0.6) is 0 Å². The van der Waals surface area contributed by atoms with E-state index in [9.17, 15) is 4.79 Å². The van der Waals surface area contributed by atoms with Gasteiger partial charge in [0.05, 0.1) is 0 Å². The smallest absolute Gasteiger partial charge is 0.223 e. The van der Waals surface area contributed by atoms with Gasteiger partial charge < -0.3 is 10.6 Å². The van der Waals surface area contributed by atoms with Crippen LogP contribution in [0.1, 0.15) is 44.6 Å². The van der Waals surface area contributed by atoms with Crippen molar-refractivity contribution in [1.82, 2.24) is 4.90 Å². The van der Waals surface area contributed by atoms with Crippen molar-refractivity contribution in [1.29, 1.82) is 0 Å². The molecule has 0 unspecified atom stereocenters. The number of amides is 1. The van der Waals surface area contributed by atoms with Gasteiger partial charge in [-0.05, 0) is 37.0 Å². The third-order valence-electron chi connectivity index (χ3n) is 3.36. The number of unbranched alkanes of at least 4 members (excludes halogenated alkanes) is 1. The van der Waals surface area contributed by atoms with Gasteiger partial charge in [-0.1, -0.05) is 25.5 Å². The third-order valence-corrected chi connectivity index (χ3v) is 3.36. The molecule has 2 N–H and O–H groups in total. The Labute approximate surface area is 109 Å². The normalized spacial score (nSPS) is 14.5. The second kappa shape index (κ2) is 5.89. The van der Waals surface area contributed by atoms with E-state index >= 15 is 0 Å². The maximum absolute atomic E-state index is 12.2. The summed E-state index contributed by atoms with van der Waals surface area (Å²) in [6.45, 7) is 2.82. The van der Waals surface area contributed by atoms with E-state index in [-0.39, 0.29) is 0 Å². The standard InChI is InChI=1S/C15H22N2O/c1-2-3-7-15(18)17(14-8-9-14)11-12-5-4-6-13(16)10-12/h4-6,10,14H,2-3,7-9,11,16H2,1H3. The largest absolute Gasteiger partial charge is 0.399 e. The molecule has 1 aliphatic carbocycles. The molecule has 2 rings (SSSR count). The summed E-state index contributed by atoms with van der Waals surface area (Å²) >= 11 is 0. The quantitative estimate of drug-likeness (QED) is 0.784. The van der Waals surface area contributed by atoms with E-state index < -0.39 is 0 Å². The second-order valence-corrected chi connectivity index (χ2v) is 5.10. The number of anilines is 1. The lowest BCUT2D eigenvalue weighted by Gasteiger charge is -2.22. The van der Waals surface area contributed by atoms with Crippen molar-refractivity contribution < 1.29 is 4.79 Å². The summed E-state index contributed by atoms with van der Waals surface area (Å²) in [4.78, 5) is 14.2. The van der Waals surface area contributed by atoms with Gasteiger partial charge in [0.2, 0.25) is 5.91 Å². The van der Waals surface area contributed by atoms with Crippen LogP contribution < -0.4 is 5.73 Å². The summed E-state index contributed by atoms with van der Waals surface area (Å²) < 4.78 is 0. The average molecular weight is 246 g/mol. The van der Waals surface area contributed by atoms with Gasteiger partial charge in [0.25, 0.3) is 0 Å². The molecule has 0 saturated heterocycles. The first-order valence-corrected chi connectivity index (χ1v) is 6.84. The number of benzene rings is 1. The van der Waals surface area contributed by atoms with Crippen LogP contribution in [0.4, 0.5) is 5.69 Å². The van der Waals surface area contributed by atoms with Gasteiger partial charge in [-0.3, -0.25) is 4.79 Å². The average Bonchev–Trinajstić information content (AvgIpc) is 3.17. The van der Waals surface area contributed by atoms with E-state index in [1.807, 2.05) is 29.2 Å². The first-order chi connectivity index (χ1) is 8.70. The maximum Gasteiger partial charge on any atom is 0.223 e. The Morgan fingerprint density at radius 1 is 1.44 bits per heavy atom. The van der Waals surface area contributed by atoms with Crippen molar-refractivity contribution in [2.24, 2.45) is 0 Å². The van der Waals surface area contributed by atoms with Crippen LogP contribution in [0.2, 0.25) is 0 Å². The third kappa shape index (κ3) is 3.49. The maximum atomic E-state index is 12.2. The van der Waals surface area contributed by atoms with Gasteiger partial charge in [-0.2, -0.15) is 0 Å². The minimum atomic E-state index is 0.293. The highest BCUT2D eigenvalue weighted by Crippen LogP contribution is 2.29. The monoisotopic (exact) mass is 246 g/mol. The number of carbonyl (C=O) groups is 1. The number of rotatable bonds is 6. The molecule has 1 aromatic rings. The lowest BCUT2D eigenvalue weighted by atomic mass is 10.1. The predicted molar refractivity (Wildman–Crippen MR) is 74.0 cm³/mol. The Bertz CT molecular complexity index is 413. The van der Waals surface area contributed by atoms with Crippen molar-refractivity contribution in [3.63, 3.8) is 0 Å². The SMILES string of the molecule is CCCCC(=O)N(Cc1cccc(N)c1)C1CC1. The fourth-order valence-electron chi connectivity index (χ4n) is 2.17. The Morgan fingerprint density at radius 3 is 2.83 bits per heavy atom. The van der Waals surface area contributed by atoms with Crippen LogP contribution in [0, 0.1) is 0 Å². The predicted octanol–water partition coefficient (Wildman–Crippen LogP) is 2.95. The summed E-state index contributed by atoms with van der Waals surface area (Å²) in [6.07, 6.45) is 5.04. The number of nitrogens with two attached hydrogens (primary N) is 1. The van der Waals surface area contributed by atoms with E-state index in [1.165, 1.54) is 0 Å². The van der Waals surface area contributed by atoms with Gasteiger partial charge in [-0.15, -0.1) is 0 Å². The second-order valence-electron chi connectivity index (χ2n) is 5.10. The van der Waals surface area contributed by atoms with E-state index in [0.717, 1.165) is 36.9 Å². The van der Waals surface area contributed by atoms with E-state index in [0.29, 0.717) is 24.9 Å². The van der Waals surface area contributed by atoms with Crippen molar-refractivity contribution in [2.45, 2.75) is 51.6 Å². The summed E-state index contributed by atoms with van der Waals surface area (Å²) in [5.41, 5.74) is 7.68. The van der Waals surface area contributed by atoms with Crippen LogP contribution in [0.25, 0.3) is 0 Å². The fraction of sp³-hybridized carbons (Fsp3) is 0.533. The van der Waals surface area contributed by atoms with Gasteiger partial charge in [0.1, 0.15) is 0 Å². The molecule has 0 heterocycles. The molecule has 1 saturated carbocycles. The summed E-state index contributed by atoms with van der Waals surface area (Å²) in [5.74, 6) is 0.293. The lowest BCUT2D eigenvalue weighted by Crippen LogP contribution is -2.32. The number of nitrogen functional groups attached to an aromatic ring is 1. The Morgan fingerprint density at radius 2 is 2.22 bits per heavy atom. The van der Waals surface area contributed by atoms with Crippen LogP contribution in [-0.2, 0) is 11.3 Å². The molecule has 1 aliphatic rings. The highest BCUT2D eigenvalue weighted by atomic mass is 16.2. The minimum absolute atomic E-state index is 0.293. The van der Waals surface area contributed by atoms with Crippen molar-refractivity contribution in [3.05, 3.63) is 29.8 Å². The lowest BCUT2D eigenvalue weighted by molar-refractivity contribution is -0.132. The molecule has 18 heavy (non-hydrogen) atoms. The molecule has 0 aliphatic heterocycles. The number of hydrogen-bond donors (Lipinski definition) is 1. The van der Waals surface area contributed by atoms with Crippen LogP contribution in [0.3, 0.4) is 0 Å². The topological polar surface area (TPSA) is 46.3 Å². The molecule has 1 aromatic carbocycles. The molecular weight excluding hydrogens is 224 g/mol. The molecule has 3 heteroatoms. The van der Waals surface area contributed by atoms with Gasteiger partial charge >= 0.3 is 0 Å². The number of carbonyl (C=O) groups excluding carboxylic acids is 1. The number of nitrogens with zero attached hydrogens (tertiary/aromatic N) is 1. The fourth-order valence-corrected chi connectivity index (χ4v) is 2.17. The van der Waals surface area contributed by atoms with Crippen LogP contribution >= 0.6 is 0 Å². The highest BCUT2D eigenvalue weighted by Gasteiger charge is 2.31. The molecule has 98 valence electrons. The minimum Gasteiger partial charge on any atom is -0.399 e. The zero-order chi connectivity index (χ0) is 13.0. The zero-order valence-corrected chi connectivity index (χ0v) is 11.1. The van der Waals surface area contributed by atoms with E-state index in [2.05, 4.69) is 6.92 Å². The molecule has 0 atom stereocenters. The van der Waals surface area contributed by atoms with E-state index in [4.69, 9.17) is 5.73 Å². The van der Waals surface area contributed by atoms with Crippen LogP contribution in [0.15, 0.2) is 24.3 Å². The Kier molecular flexibility index (Phi) is 4.24. The summed E-state index contributed by atoms with van der Waals surface area (Å²) in [7, 11) is 0. The van der Waals surface area contributed by atoms with Crippen molar-refractivity contribution >= 4 is 11.6 Å². The molecular formula is C15H22N2O. The van der Waals surface area contributed by atoms with Crippen molar-refractivity contribution in [3.8, 4) is 0 Å². The molecule has 0 aromatic heterocycles. The van der Waals surface area contributed by atoms with E-state index in [1.54, 1.807) is 0 Å². The Hall–Kier alpha value is -1.51. The van der Waals surface area contributed by atoms with Crippen molar-refractivity contribution in [2.75, 3.05) is 5.73 Å². The van der Waals surface area contributed by atoms with Gasteiger partial charge in [-0.25, -0.2) is 0 Å². The first-order valence-electron chi connectivity index (χ1n) is 6.84. The van der Waals surface area contributed by atoms with Gasteiger partial charge in [0, 0.05) is 24.7 Å². The molecule has 0 radical (unpaired) electrons. The molecule has 1 amide bonds. The summed E-state index contributed by atoms with van der Waals surface area (Å²) in [5, 5.41) is 0.